The highest BCUT2D eigenvalue weighted by molar-refractivity contribution is 5.26. The summed E-state index contributed by atoms with van der Waals surface area (Å²) in [5.41, 5.74) is 5.29. The molecule has 1 atom stereocenters. The fraction of sp³-hybridized carbons (Fsp3) is 0.600. The molecular weight excluding hydrogens is 284 g/mol. The second-order valence-electron chi connectivity index (χ2n) is 5.82. The van der Waals surface area contributed by atoms with Crippen LogP contribution in [0.4, 0.5) is 17.6 Å². The van der Waals surface area contributed by atoms with Crippen LogP contribution >= 0.6 is 0 Å². The molecule has 0 saturated carbocycles. The van der Waals surface area contributed by atoms with Crippen molar-refractivity contribution in [1.82, 2.24) is 4.90 Å². The Morgan fingerprint density at radius 1 is 1.24 bits per heavy atom. The summed E-state index contributed by atoms with van der Waals surface area (Å²) >= 11 is 0. The molecule has 1 aromatic rings. The maximum Gasteiger partial charge on any atom is 0.416 e. The number of halogens is 4. The molecule has 0 aromatic heterocycles. The number of hydrogen-bond donors (Lipinski definition) is 1. The fourth-order valence-electron chi connectivity index (χ4n) is 2.80. The fourth-order valence-corrected chi connectivity index (χ4v) is 2.80. The van der Waals surface area contributed by atoms with E-state index in [0.717, 1.165) is 32.0 Å². The molecule has 0 radical (unpaired) electrons. The monoisotopic (exact) mass is 304 g/mol. The van der Waals surface area contributed by atoms with Gasteiger partial charge in [-0.3, -0.25) is 4.90 Å². The van der Waals surface area contributed by atoms with Crippen LogP contribution in [0.5, 0.6) is 0 Å². The molecule has 6 heteroatoms. The summed E-state index contributed by atoms with van der Waals surface area (Å²) in [4.78, 5) is 2.05. The number of hydrogen-bond acceptors (Lipinski definition) is 2. The van der Waals surface area contributed by atoms with E-state index >= 15 is 0 Å². The number of nitrogens with two attached hydrogens (primary N) is 1. The highest BCUT2D eigenvalue weighted by Crippen LogP contribution is 2.31. The third kappa shape index (κ3) is 4.41. The highest BCUT2D eigenvalue weighted by atomic mass is 19.4. The minimum Gasteiger partial charge on any atom is -0.328 e. The van der Waals surface area contributed by atoms with Crippen molar-refractivity contribution >= 4 is 0 Å². The molecule has 0 aliphatic carbocycles. The topological polar surface area (TPSA) is 29.3 Å². The molecule has 0 amide bonds. The molecule has 0 bridgehead atoms. The summed E-state index contributed by atoms with van der Waals surface area (Å²) in [5.74, 6) is -0.384. The third-order valence-electron chi connectivity index (χ3n) is 4.07. The summed E-state index contributed by atoms with van der Waals surface area (Å²) in [6.07, 6.45) is -2.66. The SMILES string of the molecule is CC(N)C1CCN(Cc2cc(F)cc(C(F)(F)F)c2)CC1. The minimum absolute atomic E-state index is 0.137. The van der Waals surface area contributed by atoms with Gasteiger partial charge in [0.05, 0.1) is 5.56 Å². The lowest BCUT2D eigenvalue weighted by atomic mass is 9.91. The van der Waals surface area contributed by atoms with Gasteiger partial charge >= 0.3 is 6.18 Å². The first kappa shape index (κ1) is 16.2. The zero-order valence-electron chi connectivity index (χ0n) is 12.0. The Kier molecular flexibility index (Phi) is 4.88. The van der Waals surface area contributed by atoms with Gasteiger partial charge in [-0.25, -0.2) is 4.39 Å². The summed E-state index contributed by atoms with van der Waals surface area (Å²) in [6.45, 7) is 3.88. The Morgan fingerprint density at radius 3 is 2.38 bits per heavy atom. The summed E-state index contributed by atoms with van der Waals surface area (Å²) in [6, 6.07) is 2.87. The Morgan fingerprint density at radius 2 is 1.86 bits per heavy atom. The first-order valence-corrected chi connectivity index (χ1v) is 7.10. The molecule has 1 aliphatic rings. The Hall–Kier alpha value is -1.14. The van der Waals surface area contributed by atoms with Crippen LogP contribution in [-0.2, 0) is 12.7 Å². The van der Waals surface area contributed by atoms with Crippen LogP contribution in [0.2, 0.25) is 0 Å². The van der Waals surface area contributed by atoms with Crippen molar-refractivity contribution in [1.29, 1.82) is 0 Å². The van der Waals surface area contributed by atoms with Crippen LogP contribution in [0, 0.1) is 11.7 Å². The number of nitrogens with zero attached hydrogens (tertiary/aromatic N) is 1. The predicted molar refractivity (Wildman–Crippen MR) is 73.1 cm³/mol. The van der Waals surface area contributed by atoms with Gasteiger partial charge < -0.3 is 5.73 Å². The smallest absolute Gasteiger partial charge is 0.328 e. The van der Waals surface area contributed by atoms with Crippen LogP contribution in [0.3, 0.4) is 0 Å². The van der Waals surface area contributed by atoms with Gasteiger partial charge in [-0.05, 0) is 62.5 Å². The molecule has 2 N–H and O–H groups in total. The number of likely N-dealkylation sites (tertiary alicyclic amines) is 1. The average molecular weight is 304 g/mol. The van der Waals surface area contributed by atoms with Gasteiger partial charge in [0.25, 0.3) is 0 Å². The van der Waals surface area contributed by atoms with E-state index in [1.165, 1.54) is 6.07 Å². The van der Waals surface area contributed by atoms with Crippen LogP contribution in [0.1, 0.15) is 30.9 Å². The number of benzene rings is 1. The summed E-state index contributed by atoms with van der Waals surface area (Å²) < 4.78 is 51.4. The van der Waals surface area contributed by atoms with E-state index in [1.54, 1.807) is 0 Å². The van der Waals surface area contributed by atoms with Crippen LogP contribution in [-0.4, -0.2) is 24.0 Å². The van der Waals surface area contributed by atoms with Crippen molar-refractivity contribution in [3.05, 3.63) is 35.1 Å². The molecule has 1 aliphatic heterocycles. The van der Waals surface area contributed by atoms with Crippen molar-refractivity contribution in [2.75, 3.05) is 13.1 Å². The molecule has 1 saturated heterocycles. The second kappa shape index (κ2) is 6.32. The van der Waals surface area contributed by atoms with Gasteiger partial charge in [0.15, 0.2) is 0 Å². The maximum atomic E-state index is 13.3. The van der Waals surface area contributed by atoms with Crippen LogP contribution in [0.15, 0.2) is 18.2 Å². The number of piperidine rings is 1. The van der Waals surface area contributed by atoms with Crippen molar-refractivity contribution in [2.24, 2.45) is 11.7 Å². The highest BCUT2D eigenvalue weighted by Gasteiger charge is 2.31. The van der Waals surface area contributed by atoms with Crippen LogP contribution < -0.4 is 5.73 Å². The predicted octanol–water partition coefficient (Wildman–Crippen LogP) is 3.40. The Balaban J connectivity index is 2.02. The molecule has 0 spiro atoms. The van der Waals surface area contributed by atoms with Crippen LogP contribution in [0.25, 0.3) is 0 Å². The molecule has 118 valence electrons. The van der Waals surface area contributed by atoms with Crippen molar-refractivity contribution < 1.29 is 17.6 Å². The quantitative estimate of drug-likeness (QED) is 0.867. The van der Waals surface area contributed by atoms with E-state index in [0.29, 0.717) is 24.1 Å². The molecule has 1 aromatic carbocycles. The molecule has 1 unspecified atom stereocenters. The second-order valence-corrected chi connectivity index (χ2v) is 5.82. The lowest BCUT2D eigenvalue weighted by Crippen LogP contribution is -2.39. The van der Waals surface area contributed by atoms with Gasteiger partial charge in [-0.2, -0.15) is 13.2 Å². The first-order valence-electron chi connectivity index (χ1n) is 7.10. The number of rotatable bonds is 3. The standard InChI is InChI=1S/C15H20F4N2/c1-10(20)12-2-4-21(5-3-12)9-11-6-13(15(17,18)19)8-14(16)7-11/h6-8,10,12H,2-5,9,20H2,1H3. The Bertz CT molecular complexity index is 477. The van der Waals surface area contributed by atoms with Gasteiger partial charge in [-0.15, -0.1) is 0 Å². The molecular formula is C15H20F4N2. The van der Waals surface area contributed by atoms with E-state index in [9.17, 15) is 17.6 Å². The normalized spacial score (nSPS) is 19.7. The largest absolute Gasteiger partial charge is 0.416 e. The van der Waals surface area contributed by atoms with E-state index in [-0.39, 0.29) is 6.04 Å². The van der Waals surface area contributed by atoms with Gasteiger partial charge in [0, 0.05) is 12.6 Å². The zero-order chi connectivity index (χ0) is 15.6. The van der Waals surface area contributed by atoms with Crippen molar-refractivity contribution in [2.45, 2.75) is 38.5 Å². The lowest BCUT2D eigenvalue weighted by Gasteiger charge is -2.33. The first-order chi connectivity index (χ1) is 9.75. The van der Waals surface area contributed by atoms with E-state index in [4.69, 9.17) is 5.73 Å². The van der Waals surface area contributed by atoms with E-state index in [2.05, 4.69) is 0 Å². The minimum atomic E-state index is -4.52. The molecule has 1 heterocycles. The maximum absolute atomic E-state index is 13.3. The van der Waals surface area contributed by atoms with Crippen molar-refractivity contribution in [3.8, 4) is 0 Å². The molecule has 1 fully saturated rings. The Labute approximate surface area is 121 Å². The summed E-state index contributed by atoms with van der Waals surface area (Å²) in [5, 5.41) is 0. The number of alkyl halides is 3. The summed E-state index contributed by atoms with van der Waals surface area (Å²) in [7, 11) is 0. The average Bonchev–Trinajstić information content (AvgIpc) is 2.37. The third-order valence-corrected chi connectivity index (χ3v) is 4.07. The van der Waals surface area contributed by atoms with E-state index in [1.807, 2.05) is 11.8 Å². The molecule has 21 heavy (non-hydrogen) atoms. The lowest BCUT2D eigenvalue weighted by molar-refractivity contribution is -0.137. The van der Waals surface area contributed by atoms with E-state index < -0.39 is 17.6 Å². The van der Waals surface area contributed by atoms with Gasteiger partial charge in [-0.1, -0.05) is 0 Å². The van der Waals surface area contributed by atoms with Gasteiger partial charge in [0.2, 0.25) is 0 Å². The molecule has 2 nitrogen and oxygen atoms in total. The van der Waals surface area contributed by atoms with Crippen molar-refractivity contribution in [3.63, 3.8) is 0 Å². The molecule has 2 rings (SSSR count). The zero-order valence-corrected chi connectivity index (χ0v) is 12.0. The van der Waals surface area contributed by atoms with Gasteiger partial charge in [0.1, 0.15) is 5.82 Å².